The lowest BCUT2D eigenvalue weighted by Gasteiger charge is -2.12. The first-order chi connectivity index (χ1) is 14.9. The normalized spacial score (nSPS) is 11.1. The molecule has 0 saturated carbocycles. The van der Waals surface area contributed by atoms with E-state index in [1.807, 2.05) is 60.9 Å². The number of rotatable bonds is 6. The first-order valence-corrected chi connectivity index (χ1v) is 10.5. The van der Waals surface area contributed by atoms with Crippen LogP contribution in [0.15, 0.2) is 60.7 Å². The number of para-hydroxylation sites is 2. The predicted octanol–water partition coefficient (Wildman–Crippen LogP) is 5.47. The Morgan fingerprint density at radius 1 is 1.10 bits per heavy atom. The van der Waals surface area contributed by atoms with Crippen molar-refractivity contribution in [2.24, 2.45) is 0 Å². The summed E-state index contributed by atoms with van der Waals surface area (Å²) in [6.07, 6.45) is 0.511. The van der Waals surface area contributed by atoms with Gasteiger partial charge in [0, 0.05) is 29.1 Å². The number of imidazole rings is 1. The van der Waals surface area contributed by atoms with Crippen LogP contribution in [0, 0.1) is 19.7 Å². The molecule has 4 rings (SSSR count). The quantitative estimate of drug-likeness (QED) is 0.436. The highest BCUT2D eigenvalue weighted by Gasteiger charge is 2.15. The van der Waals surface area contributed by atoms with Crippen molar-refractivity contribution in [3.05, 3.63) is 99.6 Å². The Labute approximate surface area is 185 Å². The molecule has 31 heavy (non-hydrogen) atoms. The molecule has 1 heterocycles. The molecule has 1 N–H and O–H groups in total. The molecular formula is C25H23ClFN3O. The predicted molar refractivity (Wildman–Crippen MR) is 122 cm³/mol. The van der Waals surface area contributed by atoms with E-state index in [0.29, 0.717) is 29.1 Å². The van der Waals surface area contributed by atoms with Crippen molar-refractivity contribution in [2.75, 3.05) is 6.54 Å². The van der Waals surface area contributed by atoms with Crippen LogP contribution < -0.4 is 5.32 Å². The Morgan fingerprint density at radius 3 is 2.68 bits per heavy atom. The van der Waals surface area contributed by atoms with Gasteiger partial charge in [-0.05, 0) is 49.7 Å². The molecule has 0 aliphatic carbocycles. The Morgan fingerprint density at radius 2 is 1.90 bits per heavy atom. The molecule has 0 radical (unpaired) electrons. The maximum absolute atomic E-state index is 14.4. The van der Waals surface area contributed by atoms with Gasteiger partial charge in [0.1, 0.15) is 11.6 Å². The minimum atomic E-state index is -0.348. The molecule has 3 aromatic carbocycles. The molecule has 0 aliphatic heterocycles. The molecule has 4 nitrogen and oxygen atoms in total. The van der Waals surface area contributed by atoms with E-state index >= 15 is 0 Å². The number of carbonyl (C=O) groups is 1. The number of nitrogens with zero attached hydrogens (tertiary/aromatic N) is 2. The molecular weight excluding hydrogens is 413 g/mol. The summed E-state index contributed by atoms with van der Waals surface area (Å²) < 4.78 is 16.4. The summed E-state index contributed by atoms with van der Waals surface area (Å²) in [6, 6.07) is 18.2. The van der Waals surface area contributed by atoms with Crippen molar-refractivity contribution in [1.82, 2.24) is 14.9 Å². The monoisotopic (exact) mass is 435 g/mol. The van der Waals surface area contributed by atoms with Crippen LogP contribution in [-0.4, -0.2) is 22.0 Å². The van der Waals surface area contributed by atoms with E-state index in [2.05, 4.69) is 5.32 Å². The first kappa shape index (κ1) is 21.1. The summed E-state index contributed by atoms with van der Waals surface area (Å²) in [6.45, 7) is 4.62. The molecule has 0 unspecified atom stereocenters. The van der Waals surface area contributed by atoms with Crippen molar-refractivity contribution in [3.63, 3.8) is 0 Å². The van der Waals surface area contributed by atoms with Gasteiger partial charge in [0.25, 0.3) is 5.91 Å². The summed E-state index contributed by atoms with van der Waals surface area (Å²) in [4.78, 5) is 17.3. The second-order valence-electron chi connectivity index (χ2n) is 7.63. The lowest BCUT2D eigenvalue weighted by Crippen LogP contribution is -2.27. The van der Waals surface area contributed by atoms with Crippen molar-refractivity contribution in [1.29, 1.82) is 0 Å². The highest BCUT2D eigenvalue weighted by molar-refractivity contribution is 6.31. The van der Waals surface area contributed by atoms with Crippen LogP contribution in [0.1, 0.15) is 32.9 Å². The lowest BCUT2D eigenvalue weighted by molar-refractivity contribution is 0.0953. The van der Waals surface area contributed by atoms with E-state index in [0.717, 1.165) is 28.0 Å². The third kappa shape index (κ3) is 4.47. The van der Waals surface area contributed by atoms with Gasteiger partial charge in [0.05, 0.1) is 17.6 Å². The number of carbonyl (C=O) groups excluding carboxylic acids is 1. The number of amides is 1. The Kier molecular flexibility index (Phi) is 6.05. The zero-order valence-corrected chi connectivity index (χ0v) is 18.2. The molecule has 1 amide bonds. The van der Waals surface area contributed by atoms with Crippen molar-refractivity contribution in [2.45, 2.75) is 26.8 Å². The molecule has 4 aromatic rings. The molecule has 0 aliphatic rings. The average Bonchev–Trinajstić information content (AvgIpc) is 3.08. The molecule has 0 fully saturated rings. The fourth-order valence-corrected chi connectivity index (χ4v) is 4.01. The van der Waals surface area contributed by atoms with Gasteiger partial charge in [-0.1, -0.05) is 47.5 Å². The van der Waals surface area contributed by atoms with E-state index in [1.165, 1.54) is 6.07 Å². The summed E-state index contributed by atoms with van der Waals surface area (Å²) >= 11 is 6.26. The number of hydrogen-bond donors (Lipinski definition) is 1. The molecule has 0 atom stereocenters. The van der Waals surface area contributed by atoms with E-state index in [1.54, 1.807) is 12.1 Å². The van der Waals surface area contributed by atoms with E-state index in [4.69, 9.17) is 16.6 Å². The van der Waals surface area contributed by atoms with Crippen LogP contribution in [0.4, 0.5) is 4.39 Å². The first-order valence-electron chi connectivity index (χ1n) is 10.2. The highest BCUT2D eigenvalue weighted by Crippen LogP contribution is 2.24. The van der Waals surface area contributed by atoms with Gasteiger partial charge in [-0.15, -0.1) is 0 Å². The minimum Gasteiger partial charge on any atom is -0.352 e. The van der Waals surface area contributed by atoms with E-state index in [9.17, 15) is 9.18 Å². The number of nitrogens with one attached hydrogen (secondary N) is 1. The number of aryl methyl sites for hydroxylation is 2. The van der Waals surface area contributed by atoms with Gasteiger partial charge in [0.2, 0.25) is 0 Å². The lowest BCUT2D eigenvalue weighted by atomic mass is 10.1. The summed E-state index contributed by atoms with van der Waals surface area (Å²) in [5.74, 6) is 0.304. The van der Waals surface area contributed by atoms with Crippen LogP contribution in [0.25, 0.3) is 11.0 Å². The topological polar surface area (TPSA) is 46.9 Å². The largest absolute Gasteiger partial charge is 0.352 e. The van der Waals surface area contributed by atoms with Crippen LogP contribution in [0.5, 0.6) is 0 Å². The maximum Gasteiger partial charge on any atom is 0.251 e. The maximum atomic E-state index is 14.4. The highest BCUT2D eigenvalue weighted by atomic mass is 35.5. The number of aromatic nitrogens is 2. The second-order valence-corrected chi connectivity index (χ2v) is 8.03. The molecule has 0 spiro atoms. The molecule has 158 valence electrons. The second kappa shape index (κ2) is 8.90. The molecule has 1 aromatic heterocycles. The third-order valence-electron chi connectivity index (χ3n) is 5.37. The number of hydrogen-bond acceptors (Lipinski definition) is 2. The van der Waals surface area contributed by atoms with Crippen LogP contribution in [-0.2, 0) is 13.0 Å². The van der Waals surface area contributed by atoms with Gasteiger partial charge in [-0.3, -0.25) is 4.79 Å². The zero-order chi connectivity index (χ0) is 22.0. The summed E-state index contributed by atoms with van der Waals surface area (Å²) in [7, 11) is 0. The Bertz CT molecular complexity index is 1240. The number of fused-ring (bicyclic) bond motifs is 1. The summed E-state index contributed by atoms with van der Waals surface area (Å²) in [5, 5.41) is 3.35. The third-order valence-corrected chi connectivity index (χ3v) is 5.73. The van der Waals surface area contributed by atoms with Crippen LogP contribution >= 0.6 is 11.6 Å². The van der Waals surface area contributed by atoms with Crippen molar-refractivity contribution in [3.8, 4) is 0 Å². The van der Waals surface area contributed by atoms with Gasteiger partial charge in [-0.2, -0.15) is 0 Å². The van der Waals surface area contributed by atoms with Crippen molar-refractivity contribution < 1.29 is 9.18 Å². The number of halogens is 2. The van der Waals surface area contributed by atoms with Crippen molar-refractivity contribution >= 4 is 28.5 Å². The van der Waals surface area contributed by atoms with Crippen LogP contribution in [0.3, 0.4) is 0 Å². The molecule has 0 saturated heterocycles. The zero-order valence-electron chi connectivity index (χ0n) is 17.5. The average molecular weight is 436 g/mol. The van der Waals surface area contributed by atoms with Gasteiger partial charge in [0.15, 0.2) is 0 Å². The smallest absolute Gasteiger partial charge is 0.251 e. The van der Waals surface area contributed by atoms with Crippen LogP contribution in [0.2, 0.25) is 5.02 Å². The van der Waals surface area contributed by atoms with E-state index < -0.39 is 0 Å². The molecule has 6 heteroatoms. The Balaban J connectivity index is 1.56. The Hall–Kier alpha value is -3.18. The fraction of sp³-hybridized carbons (Fsp3) is 0.200. The molecule has 0 bridgehead atoms. The summed E-state index contributed by atoms with van der Waals surface area (Å²) in [5.41, 5.74) is 4.88. The van der Waals surface area contributed by atoms with Gasteiger partial charge < -0.3 is 9.88 Å². The SMILES string of the molecule is Cc1ccc(C(=O)NCCc2nc3ccccc3n2Cc2c(F)cccc2Cl)c(C)c1. The standard InChI is InChI=1S/C25H23ClFN3O/c1-16-10-11-18(17(2)14-16)25(31)28-13-12-24-29-22-8-3-4-9-23(22)30(24)15-19-20(26)6-5-7-21(19)27/h3-11,14H,12-13,15H2,1-2H3,(H,28,31). The number of benzene rings is 3. The van der Waals surface area contributed by atoms with Gasteiger partial charge in [-0.25, -0.2) is 9.37 Å². The fourth-order valence-electron chi connectivity index (χ4n) is 3.79. The van der Waals surface area contributed by atoms with E-state index in [-0.39, 0.29) is 18.3 Å². The van der Waals surface area contributed by atoms with Gasteiger partial charge >= 0.3 is 0 Å². The minimum absolute atomic E-state index is 0.114.